The van der Waals surface area contributed by atoms with E-state index in [-0.39, 0.29) is 6.61 Å². The van der Waals surface area contributed by atoms with Gasteiger partial charge in [0.1, 0.15) is 5.82 Å². The SMILES string of the molecule is CCN(CCCO)c1cc(CN)c2ccccc2n1. The van der Waals surface area contributed by atoms with Gasteiger partial charge < -0.3 is 15.7 Å². The summed E-state index contributed by atoms with van der Waals surface area (Å²) < 4.78 is 0. The van der Waals surface area contributed by atoms with Crippen molar-refractivity contribution in [3.63, 3.8) is 0 Å². The smallest absolute Gasteiger partial charge is 0.129 e. The monoisotopic (exact) mass is 259 g/mol. The fraction of sp³-hybridized carbons (Fsp3) is 0.400. The molecule has 0 aliphatic rings. The molecule has 1 aromatic carbocycles. The molecule has 0 aliphatic heterocycles. The first-order chi connectivity index (χ1) is 9.30. The number of fused-ring (bicyclic) bond motifs is 1. The summed E-state index contributed by atoms with van der Waals surface area (Å²) in [6, 6.07) is 10.1. The average Bonchev–Trinajstić information content (AvgIpc) is 2.47. The Bertz CT molecular complexity index is 542. The van der Waals surface area contributed by atoms with E-state index in [1.807, 2.05) is 18.2 Å². The van der Waals surface area contributed by atoms with Gasteiger partial charge in [-0.25, -0.2) is 4.98 Å². The van der Waals surface area contributed by atoms with Gasteiger partial charge in [0.25, 0.3) is 0 Å². The standard InChI is InChI=1S/C15H21N3O/c1-2-18(8-5-9-19)15-10-12(11-16)13-6-3-4-7-14(13)17-15/h3-4,6-7,10,19H,2,5,8-9,11,16H2,1H3. The van der Waals surface area contributed by atoms with Gasteiger partial charge in [0.15, 0.2) is 0 Å². The third kappa shape index (κ3) is 3.03. The van der Waals surface area contributed by atoms with Crippen molar-refractivity contribution in [1.82, 2.24) is 4.98 Å². The maximum Gasteiger partial charge on any atom is 0.129 e. The Hall–Kier alpha value is -1.65. The summed E-state index contributed by atoms with van der Waals surface area (Å²) >= 11 is 0. The van der Waals surface area contributed by atoms with Crippen LogP contribution in [0.5, 0.6) is 0 Å². The number of aromatic nitrogens is 1. The van der Waals surface area contributed by atoms with Gasteiger partial charge in [0.05, 0.1) is 5.52 Å². The van der Waals surface area contributed by atoms with Gasteiger partial charge in [-0.3, -0.25) is 0 Å². The first-order valence-electron chi connectivity index (χ1n) is 6.74. The van der Waals surface area contributed by atoms with Crippen molar-refractivity contribution >= 4 is 16.7 Å². The number of pyridine rings is 1. The molecular formula is C15H21N3O. The molecule has 19 heavy (non-hydrogen) atoms. The highest BCUT2D eigenvalue weighted by molar-refractivity contribution is 5.84. The summed E-state index contributed by atoms with van der Waals surface area (Å²) in [6.45, 7) is 4.48. The third-order valence-electron chi connectivity index (χ3n) is 3.30. The van der Waals surface area contributed by atoms with E-state index in [1.165, 1.54) is 0 Å². The van der Waals surface area contributed by atoms with Crippen LogP contribution >= 0.6 is 0 Å². The lowest BCUT2D eigenvalue weighted by Gasteiger charge is -2.22. The Morgan fingerprint density at radius 1 is 1.32 bits per heavy atom. The molecule has 0 spiro atoms. The zero-order valence-electron chi connectivity index (χ0n) is 11.3. The van der Waals surface area contributed by atoms with Crippen LogP contribution < -0.4 is 10.6 Å². The second-order valence-corrected chi connectivity index (χ2v) is 4.52. The number of hydrogen-bond donors (Lipinski definition) is 2. The van der Waals surface area contributed by atoms with Crippen molar-refractivity contribution in [3.05, 3.63) is 35.9 Å². The second-order valence-electron chi connectivity index (χ2n) is 4.52. The number of aliphatic hydroxyl groups excluding tert-OH is 1. The highest BCUT2D eigenvalue weighted by atomic mass is 16.3. The molecule has 0 amide bonds. The van der Waals surface area contributed by atoms with Crippen molar-refractivity contribution in [3.8, 4) is 0 Å². The fourth-order valence-electron chi connectivity index (χ4n) is 2.26. The minimum Gasteiger partial charge on any atom is -0.396 e. The highest BCUT2D eigenvalue weighted by Gasteiger charge is 2.09. The first-order valence-corrected chi connectivity index (χ1v) is 6.74. The lowest BCUT2D eigenvalue weighted by molar-refractivity contribution is 0.289. The number of para-hydroxylation sites is 1. The topological polar surface area (TPSA) is 62.4 Å². The Labute approximate surface area is 113 Å². The number of benzene rings is 1. The van der Waals surface area contributed by atoms with Gasteiger partial charge in [-0.05, 0) is 31.0 Å². The summed E-state index contributed by atoms with van der Waals surface area (Å²) in [5, 5.41) is 10.1. The van der Waals surface area contributed by atoms with Crippen LogP contribution in [0.25, 0.3) is 10.9 Å². The molecule has 2 aromatic rings. The number of aliphatic hydroxyl groups is 1. The highest BCUT2D eigenvalue weighted by Crippen LogP contribution is 2.22. The van der Waals surface area contributed by atoms with Crippen molar-refractivity contribution in [2.45, 2.75) is 19.9 Å². The van der Waals surface area contributed by atoms with Crippen LogP contribution in [0, 0.1) is 0 Å². The predicted octanol–water partition coefficient (Wildman–Crippen LogP) is 1.90. The number of rotatable bonds is 6. The molecule has 0 radical (unpaired) electrons. The Morgan fingerprint density at radius 3 is 2.79 bits per heavy atom. The van der Waals surface area contributed by atoms with E-state index in [4.69, 9.17) is 15.8 Å². The molecule has 3 N–H and O–H groups in total. The lowest BCUT2D eigenvalue weighted by Crippen LogP contribution is -2.25. The molecular weight excluding hydrogens is 238 g/mol. The summed E-state index contributed by atoms with van der Waals surface area (Å²) in [5.74, 6) is 0.940. The van der Waals surface area contributed by atoms with Gasteiger partial charge in [-0.15, -0.1) is 0 Å². The fourth-order valence-corrected chi connectivity index (χ4v) is 2.26. The summed E-state index contributed by atoms with van der Waals surface area (Å²) in [6.07, 6.45) is 0.750. The van der Waals surface area contributed by atoms with Crippen LogP contribution in [0.15, 0.2) is 30.3 Å². The lowest BCUT2D eigenvalue weighted by atomic mass is 10.1. The number of nitrogens with zero attached hydrogens (tertiary/aromatic N) is 2. The largest absolute Gasteiger partial charge is 0.396 e. The maximum atomic E-state index is 8.96. The van der Waals surface area contributed by atoms with Gasteiger partial charge in [-0.1, -0.05) is 18.2 Å². The minimum absolute atomic E-state index is 0.202. The molecule has 0 aliphatic carbocycles. The first kappa shape index (κ1) is 13.8. The van der Waals surface area contributed by atoms with E-state index >= 15 is 0 Å². The molecule has 0 atom stereocenters. The maximum absolute atomic E-state index is 8.96. The van der Waals surface area contributed by atoms with E-state index in [0.29, 0.717) is 6.54 Å². The van der Waals surface area contributed by atoms with Crippen LogP contribution in [-0.4, -0.2) is 29.8 Å². The van der Waals surface area contributed by atoms with Crippen LogP contribution in [0.2, 0.25) is 0 Å². The van der Waals surface area contributed by atoms with E-state index in [0.717, 1.165) is 41.8 Å². The predicted molar refractivity (Wildman–Crippen MR) is 79.2 cm³/mol. The van der Waals surface area contributed by atoms with Crippen molar-refractivity contribution in [1.29, 1.82) is 0 Å². The van der Waals surface area contributed by atoms with E-state index < -0.39 is 0 Å². The van der Waals surface area contributed by atoms with Crippen LogP contribution in [-0.2, 0) is 6.54 Å². The summed E-state index contributed by atoms with van der Waals surface area (Å²) in [7, 11) is 0. The molecule has 1 heterocycles. The minimum atomic E-state index is 0.202. The van der Waals surface area contributed by atoms with Gasteiger partial charge >= 0.3 is 0 Å². The van der Waals surface area contributed by atoms with Gasteiger partial charge in [-0.2, -0.15) is 0 Å². The van der Waals surface area contributed by atoms with Crippen LogP contribution in [0.1, 0.15) is 18.9 Å². The summed E-state index contributed by atoms with van der Waals surface area (Å²) in [4.78, 5) is 6.87. The average molecular weight is 259 g/mol. The van der Waals surface area contributed by atoms with Gasteiger partial charge in [0, 0.05) is 31.6 Å². The van der Waals surface area contributed by atoms with Crippen LogP contribution in [0.3, 0.4) is 0 Å². The molecule has 0 bridgehead atoms. The molecule has 0 fully saturated rings. The molecule has 4 nitrogen and oxygen atoms in total. The molecule has 0 saturated heterocycles. The van der Waals surface area contributed by atoms with Crippen LogP contribution in [0.4, 0.5) is 5.82 Å². The molecule has 0 saturated carbocycles. The quantitative estimate of drug-likeness (QED) is 0.831. The Kier molecular flexibility index (Phi) is 4.71. The normalized spacial score (nSPS) is 10.9. The molecule has 4 heteroatoms. The molecule has 2 rings (SSSR count). The molecule has 1 aromatic heterocycles. The van der Waals surface area contributed by atoms with E-state index in [2.05, 4.69) is 24.0 Å². The number of nitrogens with two attached hydrogens (primary N) is 1. The summed E-state index contributed by atoms with van der Waals surface area (Å²) in [5.41, 5.74) is 7.93. The second kappa shape index (κ2) is 6.50. The third-order valence-corrected chi connectivity index (χ3v) is 3.30. The Balaban J connectivity index is 2.42. The van der Waals surface area contributed by atoms with E-state index in [1.54, 1.807) is 0 Å². The van der Waals surface area contributed by atoms with Crippen molar-refractivity contribution < 1.29 is 5.11 Å². The van der Waals surface area contributed by atoms with Crippen molar-refractivity contribution in [2.24, 2.45) is 5.73 Å². The molecule has 0 unspecified atom stereocenters. The molecule has 102 valence electrons. The zero-order valence-corrected chi connectivity index (χ0v) is 11.3. The number of anilines is 1. The van der Waals surface area contributed by atoms with Crippen molar-refractivity contribution in [2.75, 3.05) is 24.6 Å². The Morgan fingerprint density at radius 2 is 2.11 bits per heavy atom. The number of hydrogen-bond acceptors (Lipinski definition) is 4. The van der Waals surface area contributed by atoms with Gasteiger partial charge in [0.2, 0.25) is 0 Å². The zero-order chi connectivity index (χ0) is 13.7. The van der Waals surface area contributed by atoms with E-state index in [9.17, 15) is 0 Å².